The number of hydrogen-bond donors (Lipinski definition) is 1. The molecule has 1 atom stereocenters. The quantitative estimate of drug-likeness (QED) is 0.524. The first-order chi connectivity index (χ1) is 8.28. The minimum absolute atomic E-state index is 0.536. The number of nitrogens with one attached hydrogen (secondary N) is 1. The second kappa shape index (κ2) is 6.83. The van der Waals surface area contributed by atoms with Crippen LogP contribution in [0, 0.1) is 5.92 Å². The fourth-order valence-electron chi connectivity index (χ4n) is 1.81. The zero-order valence-corrected chi connectivity index (χ0v) is 12.2. The van der Waals surface area contributed by atoms with Crippen molar-refractivity contribution in [2.45, 2.75) is 23.0 Å². The molecule has 2 heterocycles. The molecule has 0 saturated carbocycles. The normalized spacial score (nSPS) is 20.5. The predicted octanol–water partition coefficient (Wildman–Crippen LogP) is 2.94. The molecule has 0 bridgehead atoms. The lowest BCUT2D eigenvalue weighted by atomic mass is 10.0. The lowest BCUT2D eigenvalue weighted by Crippen LogP contribution is -2.30. The second-order valence-electron chi connectivity index (χ2n) is 4.04. The summed E-state index contributed by atoms with van der Waals surface area (Å²) < 4.78 is 0. The van der Waals surface area contributed by atoms with Crippen LogP contribution in [-0.2, 0) is 0 Å². The number of piperidine rings is 1. The van der Waals surface area contributed by atoms with Gasteiger partial charge in [-0.3, -0.25) is 0 Å². The van der Waals surface area contributed by atoms with Gasteiger partial charge in [-0.05, 0) is 38.1 Å². The monoisotopic (exact) mass is 289 g/mol. The van der Waals surface area contributed by atoms with E-state index in [9.17, 15) is 0 Å². The molecular formula is C11H16ClN3S2. The van der Waals surface area contributed by atoms with Gasteiger partial charge in [0.2, 0.25) is 0 Å². The Hall–Kier alpha value is 0.0300. The SMILES string of the molecule is CSc1nc(Cl)cc(SC[C@@H]2CCCNC2)n1. The number of rotatable bonds is 4. The molecule has 1 aliphatic heterocycles. The molecule has 0 amide bonds. The zero-order valence-electron chi connectivity index (χ0n) is 9.78. The van der Waals surface area contributed by atoms with Gasteiger partial charge in [0.25, 0.3) is 0 Å². The fraction of sp³-hybridized carbons (Fsp3) is 0.636. The molecule has 17 heavy (non-hydrogen) atoms. The minimum atomic E-state index is 0.536. The Morgan fingerprint density at radius 1 is 1.53 bits per heavy atom. The van der Waals surface area contributed by atoms with Gasteiger partial charge < -0.3 is 5.32 Å². The minimum Gasteiger partial charge on any atom is -0.316 e. The highest BCUT2D eigenvalue weighted by Crippen LogP contribution is 2.25. The van der Waals surface area contributed by atoms with Crippen molar-refractivity contribution in [1.82, 2.24) is 15.3 Å². The maximum atomic E-state index is 5.96. The molecular weight excluding hydrogens is 274 g/mol. The predicted molar refractivity (Wildman–Crippen MR) is 75.1 cm³/mol. The first-order valence-electron chi connectivity index (χ1n) is 5.70. The molecule has 94 valence electrons. The van der Waals surface area contributed by atoms with Crippen LogP contribution in [0.25, 0.3) is 0 Å². The van der Waals surface area contributed by atoms with Crippen LogP contribution in [0.3, 0.4) is 0 Å². The molecule has 0 spiro atoms. The van der Waals surface area contributed by atoms with Crippen molar-refractivity contribution in [3.63, 3.8) is 0 Å². The largest absolute Gasteiger partial charge is 0.316 e. The van der Waals surface area contributed by atoms with E-state index < -0.39 is 0 Å². The van der Waals surface area contributed by atoms with Gasteiger partial charge in [-0.2, -0.15) is 0 Å². The number of hydrogen-bond acceptors (Lipinski definition) is 5. The van der Waals surface area contributed by atoms with Crippen molar-refractivity contribution in [3.8, 4) is 0 Å². The van der Waals surface area contributed by atoms with Gasteiger partial charge in [0, 0.05) is 11.8 Å². The molecule has 0 aromatic carbocycles. The smallest absolute Gasteiger partial charge is 0.189 e. The van der Waals surface area contributed by atoms with Crippen LogP contribution in [-0.4, -0.2) is 35.1 Å². The standard InChI is InChI=1S/C11H16ClN3S2/c1-16-11-14-9(12)5-10(15-11)17-7-8-3-2-4-13-6-8/h5,8,13H,2-4,6-7H2,1H3/t8-/m1/s1. The zero-order chi connectivity index (χ0) is 12.1. The van der Waals surface area contributed by atoms with E-state index in [4.69, 9.17) is 11.6 Å². The van der Waals surface area contributed by atoms with Gasteiger partial charge in [0.1, 0.15) is 10.2 Å². The summed E-state index contributed by atoms with van der Waals surface area (Å²) in [4.78, 5) is 8.59. The Morgan fingerprint density at radius 3 is 3.12 bits per heavy atom. The topological polar surface area (TPSA) is 37.8 Å². The van der Waals surface area contributed by atoms with Crippen LogP contribution in [0.5, 0.6) is 0 Å². The van der Waals surface area contributed by atoms with Crippen LogP contribution in [0.4, 0.5) is 0 Å². The van der Waals surface area contributed by atoms with E-state index in [2.05, 4.69) is 15.3 Å². The van der Waals surface area contributed by atoms with E-state index in [1.54, 1.807) is 11.8 Å². The second-order valence-corrected chi connectivity index (χ2v) is 6.24. The van der Waals surface area contributed by atoms with Crippen molar-refractivity contribution in [2.24, 2.45) is 5.92 Å². The summed E-state index contributed by atoms with van der Waals surface area (Å²) in [6.07, 6.45) is 4.56. The van der Waals surface area contributed by atoms with Gasteiger partial charge in [-0.1, -0.05) is 23.4 Å². The van der Waals surface area contributed by atoms with E-state index in [-0.39, 0.29) is 0 Å². The summed E-state index contributed by atoms with van der Waals surface area (Å²) in [5.41, 5.74) is 0. The molecule has 1 N–H and O–H groups in total. The van der Waals surface area contributed by atoms with Crippen LogP contribution < -0.4 is 5.32 Å². The lowest BCUT2D eigenvalue weighted by molar-refractivity contribution is 0.410. The van der Waals surface area contributed by atoms with Crippen molar-refractivity contribution in [2.75, 3.05) is 25.1 Å². The van der Waals surface area contributed by atoms with Gasteiger partial charge in [-0.25, -0.2) is 9.97 Å². The number of thioether (sulfide) groups is 2. The summed E-state index contributed by atoms with van der Waals surface area (Å²) in [6, 6.07) is 1.85. The van der Waals surface area contributed by atoms with Gasteiger partial charge in [0.15, 0.2) is 5.16 Å². The molecule has 0 radical (unpaired) electrons. The van der Waals surface area contributed by atoms with E-state index in [1.807, 2.05) is 12.3 Å². The third-order valence-corrected chi connectivity index (χ3v) is 4.58. The molecule has 1 saturated heterocycles. The number of halogens is 1. The molecule has 1 fully saturated rings. The van der Waals surface area contributed by atoms with E-state index >= 15 is 0 Å². The molecule has 2 rings (SSSR count). The molecule has 6 heteroatoms. The summed E-state index contributed by atoms with van der Waals surface area (Å²) in [5.74, 6) is 1.86. The molecule has 0 aliphatic carbocycles. The highest BCUT2D eigenvalue weighted by molar-refractivity contribution is 7.99. The van der Waals surface area contributed by atoms with E-state index in [0.717, 1.165) is 34.9 Å². The molecule has 1 aliphatic rings. The Kier molecular flexibility index (Phi) is 5.41. The number of nitrogens with zero attached hydrogens (tertiary/aromatic N) is 2. The van der Waals surface area contributed by atoms with Crippen LogP contribution in [0.1, 0.15) is 12.8 Å². The highest BCUT2D eigenvalue weighted by Gasteiger charge is 2.14. The third kappa shape index (κ3) is 4.32. The fourth-order valence-corrected chi connectivity index (χ4v) is 3.58. The highest BCUT2D eigenvalue weighted by atomic mass is 35.5. The summed E-state index contributed by atoms with van der Waals surface area (Å²) in [6.45, 7) is 2.29. The van der Waals surface area contributed by atoms with Crippen molar-refractivity contribution >= 4 is 35.1 Å². The van der Waals surface area contributed by atoms with Crippen LogP contribution in [0.2, 0.25) is 5.15 Å². The van der Waals surface area contributed by atoms with Gasteiger partial charge in [0.05, 0.1) is 0 Å². The Bertz CT molecular complexity index is 370. The summed E-state index contributed by atoms with van der Waals surface area (Å²) in [5, 5.41) is 5.70. The van der Waals surface area contributed by atoms with Crippen molar-refractivity contribution in [1.29, 1.82) is 0 Å². The Balaban J connectivity index is 1.91. The average Bonchev–Trinajstić information content (AvgIpc) is 2.37. The average molecular weight is 290 g/mol. The van der Waals surface area contributed by atoms with Crippen molar-refractivity contribution < 1.29 is 0 Å². The van der Waals surface area contributed by atoms with E-state index in [0.29, 0.717) is 5.15 Å². The summed E-state index contributed by atoms with van der Waals surface area (Å²) in [7, 11) is 0. The van der Waals surface area contributed by atoms with E-state index in [1.165, 1.54) is 24.6 Å². The molecule has 0 unspecified atom stereocenters. The van der Waals surface area contributed by atoms with Crippen molar-refractivity contribution in [3.05, 3.63) is 11.2 Å². The Labute approximate surface area is 116 Å². The molecule has 1 aromatic rings. The van der Waals surface area contributed by atoms with Gasteiger partial charge >= 0.3 is 0 Å². The third-order valence-electron chi connectivity index (χ3n) is 2.70. The number of aromatic nitrogens is 2. The first kappa shape index (κ1) is 13.5. The molecule has 1 aromatic heterocycles. The molecule has 3 nitrogen and oxygen atoms in total. The Morgan fingerprint density at radius 2 is 2.41 bits per heavy atom. The van der Waals surface area contributed by atoms with Gasteiger partial charge in [-0.15, -0.1) is 11.8 Å². The van der Waals surface area contributed by atoms with Crippen LogP contribution >= 0.6 is 35.1 Å². The lowest BCUT2D eigenvalue weighted by Gasteiger charge is -2.21. The first-order valence-corrected chi connectivity index (χ1v) is 8.29. The van der Waals surface area contributed by atoms with Crippen LogP contribution in [0.15, 0.2) is 16.2 Å². The summed E-state index contributed by atoms with van der Waals surface area (Å²) >= 11 is 9.27. The maximum Gasteiger partial charge on any atom is 0.189 e. The maximum absolute atomic E-state index is 5.96.